The van der Waals surface area contributed by atoms with E-state index in [0.717, 1.165) is 6.54 Å². The molecule has 1 nitrogen and oxygen atoms in total. The summed E-state index contributed by atoms with van der Waals surface area (Å²) in [6, 6.07) is 0. The van der Waals surface area contributed by atoms with Crippen LogP contribution in [-0.4, -0.2) is 20.9 Å². The first kappa shape index (κ1) is 6.02. The Kier molecular flexibility index (Phi) is 5.05. The van der Waals surface area contributed by atoms with Gasteiger partial charge >= 0.3 is 0 Å². The van der Waals surface area contributed by atoms with Crippen LogP contribution >= 0.6 is 0 Å². The molecule has 0 aliphatic heterocycles. The normalized spacial score (nSPS) is 8.33. The van der Waals surface area contributed by atoms with Gasteiger partial charge in [-0.2, -0.15) is 0 Å². The molecule has 0 unspecified atom stereocenters. The maximum Gasteiger partial charge on any atom is 0.107 e. The van der Waals surface area contributed by atoms with E-state index in [-0.39, 0.29) is 0 Å². The van der Waals surface area contributed by atoms with Gasteiger partial charge in [-0.15, -0.1) is 0 Å². The van der Waals surface area contributed by atoms with Crippen molar-refractivity contribution < 1.29 is 0 Å². The van der Waals surface area contributed by atoms with Gasteiger partial charge in [0.2, 0.25) is 0 Å². The van der Waals surface area contributed by atoms with E-state index >= 15 is 0 Å². The van der Waals surface area contributed by atoms with E-state index in [1.165, 1.54) is 6.32 Å². The van der Waals surface area contributed by atoms with Crippen molar-refractivity contribution in [3.8, 4) is 0 Å². The van der Waals surface area contributed by atoms with Crippen molar-refractivity contribution in [2.45, 2.75) is 13.1 Å². The van der Waals surface area contributed by atoms with Gasteiger partial charge in [0.05, 0.1) is 0 Å². The van der Waals surface area contributed by atoms with Crippen molar-refractivity contribution in [3.05, 3.63) is 0 Å². The summed E-state index contributed by atoms with van der Waals surface area (Å²) in [5, 5.41) is 3.04. The number of nitrogens with one attached hydrogen (secondary N) is 1. The number of rotatable bonds is 3. The summed E-state index contributed by atoms with van der Waals surface area (Å²) < 4.78 is 0. The largest absolute Gasteiger partial charge is 0.320 e. The topological polar surface area (TPSA) is 12.0 Å². The average Bonchev–Trinajstić information content (AvgIpc) is 1.61. The first-order valence-corrected chi connectivity index (χ1v) is 2.34. The lowest BCUT2D eigenvalue weighted by Gasteiger charge is -1.88. The molecule has 1 radical (unpaired) electrons. The maximum absolute atomic E-state index is 3.04. The minimum Gasteiger partial charge on any atom is -0.320 e. The number of hydrogen-bond donors (Lipinski definition) is 1. The Morgan fingerprint density at radius 1 is 1.67 bits per heavy atom. The Morgan fingerprint density at radius 3 is 2.50 bits per heavy atom. The van der Waals surface area contributed by atoms with E-state index in [2.05, 4.69) is 19.4 Å². The molecule has 0 bridgehead atoms. The Hall–Kier alpha value is 0.0249. The third-order valence-corrected chi connectivity index (χ3v) is 0.683. The van der Waals surface area contributed by atoms with E-state index in [1.54, 1.807) is 0 Å². The molecule has 0 atom stereocenters. The third-order valence-electron chi connectivity index (χ3n) is 0.683. The van der Waals surface area contributed by atoms with Crippen molar-refractivity contribution in [3.63, 3.8) is 0 Å². The lowest BCUT2D eigenvalue weighted by Crippen LogP contribution is -2.07. The molecule has 6 heavy (non-hydrogen) atoms. The fourth-order valence-electron chi connectivity index (χ4n) is 0.289. The molecule has 1 N–H and O–H groups in total. The highest BCUT2D eigenvalue weighted by Gasteiger charge is 1.75. The smallest absolute Gasteiger partial charge is 0.107 e. The Bertz CT molecular complexity index is 19.5. The van der Waals surface area contributed by atoms with Gasteiger partial charge in [0.1, 0.15) is 7.28 Å². The summed E-state index contributed by atoms with van der Waals surface area (Å²) in [7, 11) is 4.11. The van der Waals surface area contributed by atoms with Crippen LogP contribution in [0.15, 0.2) is 0 Å². The minimum atomic E-state index is 1.11. The van der Waals surface area contributed by atoms with Crippen molar-refractivity contribution in [1.29, 1.82) is 0 Å². The highest BCUT2D eigenvalue weighted by atomic mass is 14.8. The maximum atomic E-state index is 3.04. The van der Waals surface area contributed by atoms with Crippen molar-refractivity contribution in [1.82, 2.24) is 5.32 Å². The average molecular weight is 84.0 g/mol. The van der Waals surface area contributed by atoms with Crippen LogP contribution in [0.2, 0.25) is 13.1 Å². The summed E-state index contributed by atoms with van der Waals surface area (Å²) in [6.07, 6.45) is 1.18. The van der Waals surface area contributed by atoms with Gasteiger partial charge in [-0.3, -0.25) is 0 Å². The summed E-state index contributed by atoms with van der Waals surface area (Å²) in [5.74, 6) is 0. The molecule has 0 heterocycles. The quantitative estimate of drug-likeness (QED) is 0.385. The summed E-state index contributed by atoms with van der Waals surface area (Å²) in [4.78, 5) is 0. The number of hydrogen-bond acceptors (Lipinski definition) is 1. The second-order valence-corrected chi connectivity index (χ2v) is 1.30. The molecule has 35 valence electrons. The first-order chi connectivity index (χ1) is 2.91. The molecule has 0 saturated heterocycles. The molecule has 0 saturated carbocycles. The van der Waals surface area contributed by atoms with Crippen molar-refractivity contribution in [2.75, 3.05) is 13.6 Å². The van der Waals surface area contributed by atoms with Crippen LogP contribution < -0.4 is 5.32 Å². The van der Waals surface area contributed by atoms with Crippen molar-refractivity contribution in [2.24, 2.45) is 0 Å². The van der Waals surface area contributed by atoms with E-state index in [4.69, 9.17) is 0 Å². The Labute approximate surface area is 40.4 Å². The summed E-state index contributed by atoms with van der Waals surface area (Å²) >= 11 is 0. The van der Waals surface area contributed by atoms with Crippen LogP contribution in [0.25, 0.3) is 0 Å². The summed E-state index contributed by atoms with van der Waals surface area (Å²) in [6.45, 7) is 3.17. The summed E-state index contributed by atoms with van der Waals surface area (Å²) in [5.41, 5.74) is 0. The van der Waals surface area contributed by atoms with Gasteiger partial charge < -0.3 is 5.32 Å². The van der Waals surface area contributed by atoms with Crippen LogP contribution in [0.4, 0.5) is 0 Å². The molecule has 0 aliphatic rings. The molecule has 2 heteroatoms. The molecule has 0 rings (SSSR count). The Morgan fingerprint density at radius 2 is 2.33 bits per heavy atom. The zero-order valence-corrected chi connectivity index (χ0v) is 4.49. The lowest BCUT2D eigenvalue weighted by atomic mass is 9.78. The standard InChI is InChI=1S/C4H11BN/c1-5-3-4-6-2/h6H,3-4H2,1-2H3. The molecule has 0 fully saturated rings. The molecule has 0 aromatic carbocycles. The van der Waals surface area contributed by atoms with Crippen molar-refractivity contribution >= 4 is 7.28 Å². The van der Waals surface area contributed by atoms with Crippen LogP contribution in [-0.2, 0) is 0 Å². The van der Waals surface area contributed by atoms with Crippen LogP contribution in [0.1, 0.15) is 0 Å². The molecule has 0 spiro atoms. The SMILES string of the molecule is C[B]CCNC. The fourth-order valence-corrected chi connectivity index (χ4v) is 0.289. The van der Waals surface area contributed by atoms with Crippen LogP contribution in [0.5, 0.6) is 0 Å². The van der Waals surface area contributed by atoms with Gasteiger partial charge in [-0.05, 0) is 13.6 Å². The van der Waals surface area contributed by atoms with Crippen LogP contribution in [0, 0.1) is 0 Å². The zero-order valence-electron chi connectivity index (χ0n) is 4.49. The van der Waals surface area contributed by atoms with Gasteiger partial charge in [0.15, 0.2) is 0 Å². The van der Waals surface area contributed by atoms with Gasteiger partial charge in [0.25, 0.3) is 0 Å². The highest BCUT2D eigenvalue weighted by molar-refractivity contribution is 6.33. The zero-order chi connectivity index (χ0) is 4.83. The monoisotopic (exact) mass is 84.1 g/mol. The van der Waals surface area contributed by atoms with E-state index in [0.29, 0.717) is 0 Å². The lowest BCUT2D eigenvalue weighted by molar-refractivity contribution is 0.859. The first-order valence-electron chi connectivity index (χ1n) is 2.34. The van der Waals surface area contributed by atoms with Gasteiger partial charge in [0, 0.05) is 0 Å². The molecule has 0 aliphatic carbocycles. The van der Waals surface area contributed by atoms with Gasteiger partial charge in [-0.1, -0.05) is 13.1 Å². The van der Waals surface area contributed by atoms with Crippen LogP contribution in [0.3, 0.4) is 0 Å². The highest BCUT2D eigenvalue weighted by Crippen LogP contribution is 1.68. The molecule has 0 amide bonds. The molecule has 0 aromatic heterocycles. The third kappa shape index (κ3) is 4.02. The molecular weight excluding hydrogens is 72.9 g/mol. The second kappa shape index (κ2) is 5.02. The predicted molar refractivity (Wildman–Crippen MR) is 30.4 cm³/mol. The minimum absolute atomic E-state index is 1.11. The Balaban J connectivity index is 2.34. The van der Waals surface area contributed by atoms with E-state index in [1.807, 2.05) is 7.05 Å². The van der Waals surface area contributed by atoms with E-state index < -0.39 is 0 Å². The predicted octanol–water partition coefficient (Wildman–Crippen LogP) is 0.376. The van der Waals surface area contributed by atoms with Gasteiger partial charge in [-0.25, -0.2) is 0 Å². The fraction of sp³-hybridized carbons (Fsp3) is 1.00. The molecular formula is C4H11BN. The van der Waals surface area contributed by atoms with E-state index in [9.17, 15) is 0 Å². The molecule has 0 aromatic rings. The second-order valence-electron chi connectivity index (χ2n) is 1.30.